The topological polar surface area (TPSA) is 85.7 Å². The summed E-state index contributed by atoms with van der Waals surface area (Å²) in [5.74, 6) is -0.860. The van der Waals surface area contributed by atoms with E-state index in [2.05, 4.69) is 10.4 Å². The number of nitrogens with one attached hydrogen (secondary N) is 1. The number of rotatable bonds is 7. The van der Waals surface area contributed by atoms with E-state index in [1.54, 1.807) is 19.4 Å². The second-order valence-corrected chi connectivity index (χ2v) is 6.54. The normalized spacial score (nSPS) is 16.2. The number of ether oxygens (including phenoxy) is 2. The molecule has 1 amide bonds. The van der Waals surface area contributed by atoms with Crippen molar-refractivity contribution in [1.82, 2.24) is 9.78 Å². The van der Waals surface area contributed by atoms with Crippen molar-refractivity contribution < 1.29 is 18.7 Å². The highest BCUT2D eigenvalue weighted by atomic mass is 19.1. The molecule has 1 aliphatic heterocycles. The third kappa shape index (κ3) is 4.48. The highest BCUT2D eigenvalue weighted by Gasteiger charge is 2.29. The van der Waals surface area contributed by atoms with E-state index in [1.165, 1.54) is 30.0 Å². The van der Waals surface area contributed by atoms with Crippen LogP contribution in [0.4, 0.5) is 15.8 Å². The molecular weight excluding hydrogens is 367 g/mol. The largest absolute Gasteiger partial charge is 0.494 e. The number of methoxy groups -OCH3 is 2. The molecule has 1 aliphatic rings. The van der Waals surface area contributed by atoms with Crippen molar-refractivity contribution in [3.63, 3.8) is 0 Å². The summed E-state index contributed by atoms with van der Waals surface area (Å²) in [5.41, 5.74) is 0.852. The van der Waals surface area contributed by atoms with E-state index in [9.17, 15) is 14.0 Å². The van der Waals surface area contributed by atoms with E-state index in [1.807, 2.05) is 4.90 Å². The maximum absolute atomic E-state index is 13.8. The molecule has 1 unspecified atom stereocenters. The van der Waals surface area contributed by atoms with Crippen molar-refractivity contribution in [3.8, 4) is 5.75 Å². The number of amides is 1. The second kappa shape index (κ2) is 8.83. The van der Waals surface area contributed by atoms with Crippen LogP contribution in [-0.2, 0) is 16.1 Å². The second-order valence-electron chi connectivity index (χ2n) is 6.54. The Kier molecular flexibility index (Phi) is 6.25. The van der Waals surface area contributed by atoms with E-state index in [-0.39, 0.29) is 23.1 Å². The molecule has 0 saturated carbocycles. The first kappa shape index (κ1) is 19.8. The minimum Gasteiger partial charge on any atom is -0.494 e. The van der Waals surface area contributed by atoms with Gasteiger partial charge in [-0.1, -0.05) is 0 Å². The first-order valence-corrected chi connectivity index (χ1v) is 8.97. The van der Waals surface area contributed by atoms with Gasteiger partial charge in [-0.3, -0.25) is 9.59 Å². The number of hydrogen-bond donors (Lipinski definition) is 1. The smallest absolute Gasteiger partial charge is 0.268 e. The zero-order valence-corrected chi connectivity index (χ0v) is 15.9. The van der Waals surface area contributed by atoms with Gasteiger partial charge in [0.2, 0.25) is 5.91 Å². The Hall–Kier alpha value is -2.94. The van der Waals surface area contributed by atoms with E-state index in [0.29, 0.717) is 44.0 Å². The minimum absolute atomic E-state index is 0.123. The van der Waals surface area contributed by atoms with Crippen LogP contribution in [-0.4, -0.2) is 49.6 Å². The fraction of sp³-hybridized carbons (Fsp3) is 0.421. The van der Waals surface area contributed by atoms with Crippen molar-refractivity contribution in [1.29, 1.82) is 0 Å². The van der Waals surface area contributed by atoms with Gasteiger partial charge in [-0.15, -0.1) is 0 Å². The molecule has 0 bridgehead atoms. The summed E-state index contributed by atoms with van der Waals surface area (Å²) in [6, 6.07) is 5.81. The summed E-state index contributed by atoms with van der Waals surface area (Å²) in [4.78, 5) is 26.6. The number of nitrogens with zero attached hydrogens (tertiary/aromatic N) is 3. The maximum atomic E-state index is 13.8. The molecule has 2 heterocycles. The molecular formula is C19H23FN4O4. The monoisotopic (exact) mass is 390 g/mol. The molecule has 1 N–H and O–H groups in total. The lowest BCUT2D eigenvalue weighted by Gasteiger charge is -2.18. The fourth-order valence-electron chi connectivity index (χ4n) is 3.14. The van der Waals surface area contributed by atoms with Crippen molar-refractivity contribution in [3.05, 3.63) is 46.6 Å². The lowest BCUT2D eigenvalue weighted by Crippen LogP contribution is -2.29. The molecule has 1 atom stereocenters. The van der Waals surface area contributed by atoms with Gasteiger partial charge in [-0.05, 0) is 18.6 Å². The van der Waals surface area contributed by atoms with Crippen molar-refractivity contribution in [2.45, 2.75) is 13.0 Å². The molecule has 0 spiro atoms. The molecule has 9 heteroatoms. The van der Waals surface area contributed by atoms with Gasteiger partial charge in [0.25, 0.3) is 5.56 Å². The van der Waals surface area contributed by atoms with Crippen LogP contribution in [0.5, 0.6) is 5.75 Å². The van der Waals surface area contributed by atoms with Crippen LogP contribution in [0.1, 0.15) is 6.42 Å². The standard InChI is InChI=1S/C19H23FN4O4/c1-27-8-7-24-18(25)10-15(11-21-24)23-6-5-13(12-23)19(26)22-14-3-4-17(28-2)16(20)9-14/h3-4,9-11,13H,5-8,12H2,1-2H3,(H,22,26). The third-order valence-electron chi connectivity index (χ3n) is 4.71. The Labute approximate surface area is 161 Å². The molecule has 0 radical (unpaired) electrons. The summed E-state index contributed by atoms with van der Waals surface area (Å²) in [6.45, 7) is 1.90. The van der Waals surface area contributed by atoms with E-state index in [0.717, 1.165) is 0 Å². The predicted molar refractivity (Wildman–Crippen MR) is 102 cm³/mol. The van der Waals surface area contributed by atoms with E-state index >= 15 is 0 Å². The first-order chi connectivity index (χ1) is 13.5. The quantitative estimate of drug-likeness (QED) is 0.771. The Bertz CT molecular complexity index is 902. The summed E-state index contributed by atoms with van der Waals surface area (Å²) in [7, 11) is 2.95. The molecule has 1 aromatic heterocycles. The molecule has 1 saturated heterocycles. The van der Waals surface area contributed by atoms with Gasteiger partial charge < -0.3 is 19.7 Å². The zero-order chi connectivity index (χ0) is 20.1. The molecule has 2 aromatic rings. The fourth-order valence-corrected chi connectivity index (χ4v) is 3.14. The lowest BCUT2D eigenvalue weighted by atomic mass is 10.1. The SMILES string of the molecule is COCCn1ncc(N2CCC(C(=O)Nc3ccc(OC)c(F)c3)C2)cc1=O. The van der Waals surface area contributed by atoms with Gasteiger partial charge in [0, 0.05) is 38.0 Å². The van der Waals surface area contributed by atoms with Crippen LogP contribution in [0, 0.1) is 11.7 Å². The number of halogens is 1. The Morgan fingerprint density at radius 3 is 2.86 bits per heavy atom. The van der Waals surface area contributed by atoms with Crippen LogP contribution >= 0.6 is 0 Å². The predicted octanol–water partition coefficient (Wildman–Crippen LogP) is 1.50. The van der Waals surface area contributed by atoms with Gasteiger partial charge in [0.05, 0.1) is 38.1 Å². The Morgan fingerprint density at radius 1 is 1.36 bits per heavy atom. The van der Waals surface area contributed by atoms with Gasteiger partial charge in [-0.2, -0.15) is 5.10 Å². The summed E-state index contributed by atoms with van der Waals surface area (Å²) in [5, 5.41) is 6.89. The van der Waals surface area contributed by atoms with Gasteiger partial charge >= 0.3 is 0 Å². The van der Waals surface area contributed by atoms with Crippen LogP contribution < -0.4 is 20.5 Å². The molecule has 8 nitrogen and oxygen atoms in total. The van der Waals surface area contributed by atoms with E-state index in [4.69, 9.17) is 9.47 Å². The average molecular weight is 390 g/mol. The lowest BCUT2D eigenvalue weighted by molar-refractivity contribution is -0.119. The van der Waals surface area contributed by atoms with Crippen molar-refractivity contribution in [2.75, 3.05) is 44.1 Å². The first-order valence-electron chi connectivity index (χ1n) is 8.97. The Morgan fingerprint density at radius 2 is 2.18 bits per heavy atom. The highest BCUT2D eigenvalue weighted by Crippen LogP contribution is 2.25. The van der Waals surface area contributed by atoms with Crippen LogP contribution in [0.2, 0.25) is 0 Å². The summed E-state index contributed by atoms with van der Waals surface area (Å²) >= 11 is 0. The highest BCUT2D eigenvalue weighted by molar-refractivity contribution is 5.93. The van der Waals surface area contributed by atoms with Crippen LogP contribution in [0.15, 0.2) is 35.3 Å². The van der Waals surface area contributed by atoms with Crippen LogP contribution in [0.3, 0.4) is 0 Å². The van der Waals surface area contributed by atoms with Gasteiger partial charge in [0.1, 0.15) is 0 Å². The van der Waals surface area contributed by atoms with Crippen LogP contribution in [0.25, 0.3) is 0 Å². The number of hydrogen-bond acceptors (Lipinski definition) is 6. The third-order valence-corrected chi connectivity index (χ3v) is 4.71. The van der Waals surface area contributed by atoms with E-state index < -0.39 is 5.82 Å². The molecule has 150 valence electrons. The Balaban J connectivity index is 1.61. The zero-order valence-electron chi connectivity index (χ0n) is 15.9. The number of aromatic nitrogens is 2. The van der Waals surface area contributed by atoms with Crippen molar-refractivity contribution >= 4 is 17.3 Å². The number of carbonyl (C=O) groups excluding carboxylic acids is 1. The molecule has 28 heavy (non-hydrogen) atoms. The molecule has 3 rings (SSSR count). The maximum Gasteiger partial charge on any atom is 0.268 e. The summed E-state index contributed by atoms with van der Waals surface area (Å²) in [6.07, 6.45) is 2.26. The molecule has 1 fully saturated rings. The number of benzene rings is 1. The van der Waals surface area contributed by atoms with Crippen molar-refractivity contribution in [2.24, 2.45) is 5.92 Å². The van der Waals surface area contributed by atoms with Gasteiger partial charge in [-0.25, -0.2) is 9.07 Å². The van der Waals surface area contributed by atoms with Gasteiger partial charge in [0.15, 0.2) is 11.6 Å². The number of anilines is 2. The number of carbonyl (C=O) groups is 1. The molecule has 0 aliphatic carbocycles. The minimum atomic E-state index is -0.534. The molecule has 1 aromatic carbocycles. The summed E-state index contributed by atoms with van der Waals surface area (Å²) < 4.78 is 24.9. The average Bonchev–Trinajstić information content (AvgIpc) is 3.17.